The van der Waals surface area contributed by atoms with E-state index in [2.05, 4.69) is 15.3 Å². The molecule has 6 nitrogen and oxygen atoms in total. The van der Waals surface area contributed by atoms with E-state index in [4.69, 9.17) is 0 Å². The summed E-state index contributed by atoms with van der Waals surface area (Å²) in [7, 11) is -4.54. The van der Waals surface area contributed by atoms with E-state index in [1.54, 1.807) is 0 Å². The Labute approximate surface area is 127 Å². The van der Waals surface area contributed by atoms with Crippen LogP contribution in [0.2, 0.25) is 0 Å². The molecule has 124 valence electrons. The Kier molecular flexibility index (Phi) is 10.9. The van der Waals surface area contributed by atoms with E-state index in [-0.39, 0.29) is 6.42 Å². The Morgan fingerprint density at radius 3 is 1.76 bits per heavy atom. The van der Waals surface area contributed by atoms with Crippen molar-refractivity contribution in [1.29, 1.82) is 0 Å². The lowest BCUT2D eigenvalue weighted by atomic mass is 10.1. The minimum Gasteiger partial charge on any atom is -0.316 e. The number of hydrogen-bond donors (Lipinski definition) is 0. The molecule has 0 atom stereocenters. The van der Waals surface area contributed by atoms with Crippen molar-refractivity contribution in [2.75, 3.05) is 0 Å². The molecule has 0 aliphatic heterocycles. The zero-order chi connectivity index (χ0) is 16.1. The Hall–Kier alpha value is -1.11. The van der Waals surface area contributed by atoms with Crippen LogP contribution in [0.25, 0.3) is 0 Å². The molecule has 0 unspecified atom stereocenters. The first-order valence-electron chi connectivity index (χ1n) is 7.54. The molecule has 0 heterocycles. The average Bonchev–Trinajstić information content (AvgIpc) is 2.34. The molecule has 0 aromatic rings. The fraction of sp³-hybridized carbons (Fsp3) is 0.857. The fourth-order valence-corrected chi connectivity index (χ4v) is 2.53. The van der Waals surface area contributed by atoms with Gasteiger partial charge >= 0.3 is 22.3 Å². The minimum absolute atomic E-state index is 0.0102. The largest absolute Gasteiger partial charge is 0.506 e. The van der Waals surface area contributed by atoms with E-state index in [1.165, 1.54) is 32.1 Å². The van der Waals surface area contributed by atoms with Gasteiger partial charge in [-0.1, -0.05) is 58.3 Å². The van der Waals surface area contributed by atoms with Crippen LogP contribution in [0.4, 0.5) is 0 Å². The standard InChI is InChI=1S/C14H26O6S/c1-3-4-5-6-7-8-9-10-11-12-14(16)20-21(17,18)19-13(2)15/h3-12H2,1-2H3. The van der Waals surface area contributed by atoms with Gasteiger partial charge in [-0.15, -0.1) is 8.42 Å². The molecule has 7 heteroatoms. The van der Waals surface area contributed by atoms with Crippen molar-refractivity contribution in [1.82, 2.24) is 0 Å². The van der Waals surface area contributed by atoms with Crippen LogP contribution in [0.5, 0.6) is 0 Å². The molecular formula is C14H26O6S. The number of carbonyl (C=O) groups excluding carboxylic acids is 2. The summed E-state index contributed by atoms with van der Waals surface area (Å²) in [5.74, 6) is -1.93. The predicted molar refractivity (Wildman–Crippen MR) is 78.6 cm³/mol. The van der Waals surface area contributed by atoms with Gasteiger partial charge < -0.3 is 8.37 Å². The number of carbonyl (C=O) groups is 2. The van der Waals surface area contributed by atoms with Crippen LogP contribution in [0.15, 0.2) is 0 Å². The number of unbranched alkanes of at least 4 members (excludes halogenated alkanes) is 8. The molecule has 0 saturated carbocycles. The molecule has 0 N–H and O–H groups in total. The summed E-state index contributed by atoms with van der Waals surface area (Å²) >= 11 is 0. The smallest absolute Gasteiger partial charge is 0.316 e. The second-order valence-corrected chi connectivity index (χ2v) is 6.17. The highest BCUT2D eigenvalue weighted by Crippen LogP contribution is 2.11. The zero-order valence-corrected chi connectivity index (χ0v) is 13.7. The van der Waals surface area contributed by atoms with Crippen molar-refractivity contribution in [2.45, 2.75) is 78.1 Å². The van der Waals surface area contributed by atoms with Gasteiger partial charge in [-0.05, 0) is 6.42 Å². The highest BCUT2D eigenvalue weighted by Gasteiger charge is 2.20. The predicted octanol–water partition coefficient (Wildman–Crippen LogP) is 3.26. The van der Waals surface area contributed by atoms with Gasteiger partial charge in [-0.2, -0.15) is 0 Å². The van der Waals surface area contributed by atoms with E-state index >= 15 is 0 Å². The van der Waals surface area contributed by atoms with Crippen LogP contribution < -0.4 is 0 Å². The third kappa shape index (κ3) is 13.6. The van der Waals surface area contributed by atoms with Crippen molar-refractivity contribution in [3.05, 3.63) is 0 Å². The Morgan fingerprint density at radius 2 is 1.29 bits per heavy atom. The normalized spacial score (nSPS) is 11.1. The van der Waals surface area contributed by atoms with Gasteiger partial charge in [0.15, 0.2) is 0 Å². The monoisotopic (exact) mass is 322 g/mol. The van der Waals surface area contributed by atoms with Crippen molar-refractivity contribution in [3.63, 3.8) is 0 Å². The Balaban J connectivity index is 3.56. The van der Waals surface area contributed by atoms with Crippen LogP contribution in [0.3, 0.4) is 0 Å². The summed E-state index contributed by atoms with van der Waals surface area (Å²) in [5.41, 5.74) is 0. The van der Waals surface area contributed by atoms with E-state index in [1.807, 2.05) is 0 Å². The van der Waals surface area contributed by atoms with Gasteiger partial charge in [0.2, 0.25) is 0 Å². The highest BCUT2D eigenvalue weighted by atomic mass is 32.3. The lowest BCUT2D eigenvalue weighted by Gasteiger charge is -2.04. The van der Waals surface area contributed by atoms with Crippen molar-refractivity contribution < 1.29 is 26.4 Å². The maximum absolute atomic E-state index is 11.3. The zero-order valence-electron chi connectivity index (χ0n) is 12.9. The summed E-state index contributed by atoms with van der Waals surface area (Å²) in [6.45, 7) is 3.10. The number of hydrogen-bond acceptors (Lipinski definition) is 6. The Morgan fingerprint density at radius 1 is 0.810 bits per heavy atom. The van der Waals surface area contributed by atoms with Crippen molar-refractivity contribution in [2.24, 2.45) is 0 Å². The van der Waals surface area contributed by atoms with E-state index < -0.39 is 22.3 Å². The van der Waals surface area contributed by atoms with Crippen LogP contribution in [0.1, 0.15) is 78.1 Å². The van der Waals surface area contributed by atoms with E-state index in [9.17, 15) is 18.0 Å². The summed E-state index contributed by atoms with van der Waals surface area (Å²) in [6.07, 6.45) is 9.83. The first-order chi connectivity index (χ1) is 9.87. The van der Waals surface area contributed by atoms with Gasteiger partial charge in [0.05, 0.1) is 0 Å². The molecule has 0 rings (SSSR count). The van der Waals surface area contributed by atoms with Crippen LogP contribution >= 0.6 is 0 Å². The topological polar surface area (TPSA) is 86.7 Å². The summed E-state index contributed by atoms with van der Waals surface area (Å²) in [5, 5.41) is 0. The van der Waals surface area contributed by atoms with E-state index in [0.29, 0.717) is 6.42 Å². The molecule has 0 fully saturated rings. The molecule has 0 radical (unpaired) electrons. The average molecular weight is 322 g/mol. The molecule has 0 aromatic carbocycles. The van der Waals surface area contributed by atoms with Crippen LogP contribution in [0, 0.1) is 0 Å². The maximum atomic E-state index is 11.3. The molecule has 0 aromatic heterocycles. The van der Waals surface area contributed by atoms with E-state index in [0.717, 1.165) is 26.2 Å². The van der Waals surface area contributed by atoms with Gasteiger partial charge in [0, 0.05) is 13.3 Å². The van der Waals surface area contributed by atoms with Crippen molar-refractivity contribution in [3.8, 4) is 0 Å². The molecule has 0 saturated heterocycles. The highest BCUT2D eigenvalue weighted by molar-refractivity contribution is 7.82. The maximum Gasteiger partial charge on any atom is 0.506 e. The first kappa shape index (κ1) is 19.9. The molecule has 21 heavy (non-hydrogen) atoms. The van der Waals surface area contributed by atoms with Gasteiger partial charge in [0.1, 0.15) is 0 Å². The molecule has 0 bridgehead atoms. The van der Waals surface area contributed by atoms with Crippen LogP contribution in [-0.4, -0.2) is 20.4 Å². The third-order valence-corrected chi connectivity index (χ3v) is 3.73. The van der Waals surface area contributed by atoms with Gasteiger partial charge in [-0.3, -0.25) is 9.59 Å². The molecular weight excluding hydrogens is 296 g/mol. The summed E-state index contributed by atoms with van der Waals surface area (Å²) < 4.78 is 30.1. The fourth-order valence-electron chi connectivity index (χ4n) is 1.90. The summed E-state index contributed by atoms with van der Waals surface area (Å²) in [6, 6.07) is 0. The lowest BCUT2D eigenvalue weighted by molar-refractivity contribution is -0.136. The first-order valence-corrected chi connectivity index (χ1v) is 8.88. The molecule has 0 amide bonds. The lowest BCUT2D eigenvalue weighted by Crippen LogP contribution is -2.17. The number of rotatable bonds is 12. The second-order valence-electron chi connectivity index (χ2n) is 5.02. The Bertz CT molecular complexity index is 402. The van der Waals surface area contributed by atoms with Gasteiger partial charge in [-0.25, -0.2) is 0 Å². The summed E-state index contributed by atoms with van der Waals surface area (Å²) in [4.78, 5) is 21.7. The van der Waals surface area contributed by atoms with Gasteiger partial charge in [0.25, 0.3) is 0 Å². The third-order valence-electron chi connectivity index (χ3n) is 2.90. The SMILES string of the molecule is CCCCCCCCCCCC(=O)OS(=O)(=O)OC(C)=O. The second kappa shape index (κ2) is 11.5. The van der Waals surface area contributed by atoms with Crippen LogP contribution in [-0.2, 0) is 28.4 Å². The molecule has 0 aliphatic carbocycles. The van der Waals surface area contributed by atoms with Crippen molar-refractivity contribution >= 4 is 22.3 Å². The quantitative estimate of drug-likeness (QED) is 0.513. The molecule has 0 aliphatic rings. The molecule has 0 spiro atoms. The minimum atomic E-state index is -4.54.